The molecule has 0 amide bonds. The van der Waals surface area contributed by atoms with E-state index in [-0.39, 0.29) is 35.7 Å². The predicted molar refractivity (Wildman–Crippen MR) is 98.4 cm³/mol. The molecule has 140 valence electrons. The third kappa shape index (κ3) is 5.62. The average Bonchev–Trinajstić information content (AvgIpc) is 2.70. The average molecular weight is 368 g/mol. The first-order valence-electron chi connectivity index (χ1n) is 8.26. The normalized spacial score (nSPS) is 11.3. The summed E-state index contributed by atoms with van der Waals surface area (Å²) >= 11 is 0. The molecule has 0 saturated carbocycles. The van der Waals surface area contributed by atoms with Gasteiger partial charge in [0.1, 0.15) is 19.3 Å². The van der Waals surface area contributed by atoms with Gasteiger partial charge in [-0.2, -0.15) is 0 Å². The molecule has 0 aliphatic carbocycles. The molecule has 1 N–H and O–H groups in total. The van der Waals surface area contributed by atoms with Crippen LogP contribution in [0.25, 0.3) is 0 Å². The lowest BCUT2D eigenvalue weighted by Crippen LogP contribution is -2.26. The Balaban J connectivity index is 2.02. The van der Waals surface area contributed by atoms with E-state index in [0.717, 1.165) is 0 Å². The lowest BCUT2D eigenvalue weighted by atomic mass is 9.98. The smallest absolute Gasteiger partial charge is 0.338 e. The van der Waals surface area contributed by atoms with Crippen LogP contribution in [0.2, 0.25) is 0 Å². The summed E-state index contributed by atoms with van der Waals surface area (Å²) in [5, 5.41) is 9.78. The van der Waals surface area contributed by atoms with Crippen molar-refractivity contribution in [3.05, 3.63) is 83.4 Å². The Morgan fingerprint density at radius 1 is 0.926 bits per heavy atom. The zero-order valence-corrected chi connectivity index (χ0v) is 14.9. The minimum absolute atomic E-state index is 0.0949. The van der Waals surface area contributed by atoms with Gasteiger partial charge in [-0.25, -0.2) is 9.59 Å². The van der Waals surface area contributed by atoms with E-state index in [4.69, 9.17) is 9.47 Å². The number of hydrogen-bond donors (Lipinski definition) is 1. The van der Waals surface area contributed by atoms with Crippen LogP contribution in [0.4, 0.5) is 0 Å². The van der Waals surface area contributed by atoms with Crippen molar-refractivity contribution in [2.45, 2.75) is 13.0 Å². The van der Waals surface area contributed by atoms with E-state index in [0.29, 0.717) is 5.56 Å². The van der Waals surface area contributed by atoms with E-state index in [1.165, 1.54) is 19.1 Å². The zero-order chi connectivity index (χ0) is 19.8. The summed E-state index contributed by atoms with van der Waals surface area (Å²) in [6.07, 6.45) is -1.19. The van der Waals surface area contributed by atoms with Crippen LogP contribution in [0.1, 0.15) is 33.2 Å². The van der Waals surface area contributed by atoms with E-state index in [2.05, 4.69) is 6.58 Å². The molecular weight excluding hydrogens is 348 g/mol. The molecule has 0 aliphatic rings. The molecule has 27 heavy (non-hydrogen) atoms. The predicted octanol–water partition coefficient (Wildman–Crippen LogP) is 2.55. The van der Waals surface area contributed by atoms with Crippen molar-refractivity contribution in [3.63, 3.8) is 0 Å². The minimum Gasteiger partial charge on any atom is -0.459 e. The van der Waals surface area contributed by atoms with Crippen molar-refractivity contribution in [2.75, 3.05) is 13.2 Å². The Morgan fingerprint density at radius 2 is 1.48 bits per heavy atom. The van der Waals surface area contributed by atoms with Crippen LogP contribution in [0, 0.1) is 0 Å². The van der Waals surface area contributed by atoms with Crippen molar-refractivity contribution < 1.29 is 29.0 Å². The van der Waals surface area contributed by atoms with E-state index in [1.807, 2.05) is 0 Å². The largest absolute Gasteiger partial charge is 0.459 e. The number of benzene rings is 2. The van der Waals surface area contributed by atoms with Gasteiger partial charge in [-0.3, -0.25) is 4.79 Å². The van der Waals surface area contributed by atoms with Gasteiger partial charge in [0.15, 0.2) is 5.78 Å². The van der Waals surface area contributed by atoms with Crippen LogP contribution in [-0.2, 0) is 14.3 Å². The van der Waals surface area contributed by atoms with Gasteiger partial charge >= 0.3 is 11.9 Å². The second-order valence-corrected chi connectivity index (χ2v) is 5.87. The molecule has 2 rings (SSSR count). The Hall–Kier alpha value is -3.25. The Kier molecular flexibility index (Phi) is 7.02. The van der Waals surface area contributed by atoms with Gasteiger partial charge in [-0.15, -0.1) is 0 Å². The number of rotatable bonds is 8. The van der Waals surface area contributed by atoms with E-state index >= 15 is 0 Å². The monoisotopic (exact) mass is 368 g/mol. The number of aliphatic hydroxyl groups is 1. The van der Waals surface area contributed by atoms with Crippen molar-refractivity contribution in [1.82, 2.24) is 0 Å². The SMILES string of the molecule is C=C(C)C(=O)OCC(O)COC(=O)c1ccccc1C(=O)c1ccccc1. The van der Waals surface area contributed by atoms with E-state index in [1.54, 1.807) is 42.5 Å². The van der Waals surface area contributed by atoms with Crippen LogP contribution < -0.4 is 0 Å². The standard InChI is InChI=1S/C21H20O6/c1-14(2)20(24)26-12-16(22)13-27-21(25)18-11-7-6-10-17(18)19(23)15-8-4-3-5-9-15/h3-11,16,22H,1,12-13H2,2H3. The topological polar surface area (TPSA) is 89.9 Å². The molecule has 0 bridgehead atoms. The highest BCUT2D eigenvalue weighted by Gasteiger charge is 2.20. The summed E-state index contributed by atoms with van der Waals surface area (Å²) in [4.78, 5) is 36.3. The fourth-order valence-electron chi connectivity index (χ4n) is 2.20. The number of carbonyl (C=O) groups is 3. The first-order chi connectivity index (χ1) is 12.9. The van der Waals surface area contributed by atoms with Gasteiger partial charge in [-0.05, 0) is 13.0 Å². The van der Waals surface area contributed by atoms with Crippen LogP contribution in [0.5, 0.6) is 0 Å². The second-order valence-electron chi connectivity index (χ2n) is 5.87. The molecule has 0 aliphatic heterocycles. The summed E-state index contributed by atoms with van der Waals surface area (Å²) < 4.78 is 9.84. The third-order valence-corrected chi connectivity index (χ3v) is 3.59. The maximum absolute atomic E-state index is 12.6. The molecule has 1 atom stereocenters. The molecule has 0 saturated heterocycles. The second kappa shape index (κ2) is 9.45. The van der Waals surface area contributed by atoms with Gasteiger partial charge in [0.2, 0.25) is 0 Å². The number of hydrogen-bond acceptors (Lipinski definition) is 6. The quantitative estimate of drug-likeness (QED) is 0.438. The van der Waals surface area contributed by atoms with Crippen LogP contribution >= 0.6 is 0 Å². The summed E-state index contributed by atoms with van der Waals surface area (Å²) in [7, 11) is 0. The lowest BCUT2D eigenvalue weighted by molar-refractivity contribution is -0.142. The fraction of sp³-hybridized carbons (Fsp3) is 0.190. The zero-order valence-electron chi connectivity index (χ0n) is 14.9. The van der Waals surface area contributed by atoms with Gasteiger partial charge in [0, 0.05) is 16.7 Å². The van der Waals surface area contributed by atoms with Crippen molar-refractivity contribution >= 4 is 17.7 Å². The Bertz CT molecular complexity index is 841. The lowest BCUT2D eigenvalue weighted by Gasteiger charge is -2.13. The number of ketones is 1. The minimum atomic E-state index is -1.19. The van der Waals surface area contributed by atoms with Crippen LogP contribution in [-0.4, -0.2) is 42.1 Å². The maximum Gasteiger partial charge on any atom is 0.338 e. The molecule has 0 radical (unpaired) electrons. The molecule has 0 heterocycles. The molecule has 2 aromatic rings. The molecule has 6 heteroatoms. The van der Waals surface area contributed by atoms with Gasteiger partial charge in [0.25, 0.3) is 0 Å². The molecule has 0 spiro atoms. The van der Waals surface area contributed by atoms with Crippen molar-refractivity contribution in [3.8, 4) is 0 Å². The summed E-state index contributed by atoms with van der Waals surface area (Å²) in [5.74, 6) is -1.70. The number of esters is 2. The van der Waals surface area contributed by atoms with Gasteiger partial charge < -0.3 is 14.6 Å². The van der Waals surface area contributed by atoms with Gasteiger partial charge in [-0.1, -0.05) is 55.1 Å². The first-order valence-corrected chi connectivity index (χ1v) is 8.26. The maximum atomic E-state index is 12.6. The number of carbonyl (C=O) groups excluding carboxylic acids is 3. The molecular formula is C21H20O6. The first kappa shape index (κ1) is 20.1. The van der Waals surface area contributed by atoms with E-state index in [9.17, 15) is 19.5 Å². The highest BCUT2D eigenvalue weighted by atomic mass is 16.6. The number of ether oxygens (including phenoxy) is 2. The summed E-state index contributed by atoms with van der Waals surface area (Å²) in [5.41, 5.74) is 0.950. The van der Waals surface area contributed by atoms with E-state index < -0.39 is 18.0 Å². The summed E-state index contributed by atoms with van der Waals surface area (Å²) in [6, 6.07) is 14.9. The van der Waals surface area contributed by atoms with Crippen molar-refractivity contribution in [2.24, 2.45) is 0 Å². The van der Waals surface area contributed by atoms with Crippen molar-refractivity contribution in [1.29, 1.82) is 0 Å². The van der Waals surface area contributed by atoms with Gasteiger partial charge in [0.05, 0.1) is 5.56 Å². The Morgan fingerprint density at radius 3 is 2.11 bits per heavy atom. The third-order valence-electron chi connectivity index (χ3n) is 3.59. The number of aliphatic hydroxyl groups excluding tert-OH is 1. The van der Waals surface area contributed by atoms with Crippen LogP contribution in [0.3, 0.4) is 0 Å². The Labute approximate surface area is 157 Å². The van der Waals surface area contributed by atoms with Crippen LogP contribution in [0.15, 0.2) is 66.7 Å². The fourth-order valence-corrected chi connectivity index (χ4v) is 2.20. The molecule has 6 nitrogen and oxygen atoms in total. The molecule has 0 aromatic heterocycles. The highest BCUT2D eigenvalue weighted by molar-refractivity contribution is 6.14. The molecule has 1 unspecified atom stereocenters. The molecule has 2 aromatic carbocycles. The molecule has 0 fully saturated rings. The highest BCUT2D eigenvalue weighted by Crippen LogP contribution is 2.16. The summed E-state index contributed by atoms with van der Waals surface area (Å²) in [6.45, 7) is 4.20.